The van der Waals surface area contributed by atoms with Crippen LogP contribution in [0.3, 0.4) is 0 Å². The van der Waals surface area contributed by atoms with Gasteiger partial charge >= 0.3 is 12.2 Å². The van der Waals surface area contributed by atoms with Crippen LogP contribution in [0.2, 0.25) is 0 Å². The van der Waals surface area contributed by atoms with E-state index in [1.807, 2.05) is 53.1 Å². The first-order valence-corrected chi connectivity index (χ1v) is 11.2. The normalized spacial score (nSPS) is 11.9. The largest absolute Gasteiger partial charge is 0.443 e. The predicted molar refractivity (Wildman–Crippen MR) is 128 cm³/mol. The number of fused-ring (bicyclic) bond motifs is 1. The van der Waals surface area contributed by atoms with Gasteiger partial charge in [-0.1, -0.05) is 36.4 Å². The molecule has 0 spiro atoms. The lowest BCUT2D eigenvalue weighted by molar-refractivity contribution is -0.000456. The lowest BCUT2D eigenvalue weighted by atomic mass is 10.2. The van der Waals surface area contributed by atoms with Gasteiger partial charge in [0, 0.05) is 12.4 Å². The first-order chi connectivity index (χ1) is 15.9. The number of amides is 2. The number of aromatic nitrogens is 2. The maximum absolute atomic E-state index is 12.7. The summed E-state index contributed by atoms with van der Waals surface area (Å²) in [6, 6.07) is 13.8. The van der Waals surface area contributed by atoms with E-state index >= 15 is 0 Å². The van der Waals surface area contributed by atoms with Crippen LogP contribution in [-0.2, 0) is 34.0 Å². The Morgan fingerprint density at radius 1 is 0.824 bits per heavy atom. The second-order valence-electron chi connectivity index (χ2n) is 10.1. The van der Waals surface area contributed by atoms with Crippen molar-refractivity contribution >= 4 is 17.8 Å². The van der Waals surface area contributed by atoms with E-state index in [2.05, 4.69) is 4.98 Å². The van der Waals surface area contributed by atoms with Gasteiger partial charge in [0.25, 0.3) is 0 Å². The lowest BCUT2D eigenvalue weighted by Crippen LogP contribution is -2.43. The highest BCUT2D eigenvalue weighted by molar-refractivity contribution is 5.88. The number of nitrogens with zero attached hydrogens (tertiary/aromatic N) is 3. The van der Waals surface area contributed by atoms with E-state index in [0.717, 1.165) is 16.0 Å². The van der Waals surface area contributed by atoms with Crippen molar-refractivity contribution in [3.05, 3.63) is 71.7 Å². The minimum Gasteiger partial charge on any atom is -0.443 e. The van der Waals surface area contributed by atoms with Crippen LogP contribution in [0.1, 0.15) is 58.4 Å². The molecule has 34 heavy (non-hydrogen) atoms. The predicted octanol–water partition coefficient (Wildman–Crippen LogP) is 5.72. The summed E-state index contributed by atoms with van der Waals surface area (Å²) in [6.07, 6.45) is 2.13. The molecule has 0 aliphatic rings. The van der Waals surface area contributed by atoms with Gasteiger partial charge < -0.3 is 18.6 Å². The van der Waals surface area contributed by atoms with Gasteiger partial charge in [-0.2, -0.15) is 0 Å². The molecule has 0 atom stereocenters. The monoisotopic (exact) mass is 467 g/mol. The van der Waals surface area contributed by atoms with Crippen LogP contribution < -0.4 is 0 Å². The van der Waals surface area contributed by atoms with Gasteiger partial charge in [0.05, 0.1) is 25.5 Å². The number of pyridine rings is 1. The topological polar surface area (TPSA) is 82.4 Å². The van der Waals surface area contributed by atoms with Crippen LogP contribution in [0, 0.1) is 0 Å². The fourth-order valence-corrected chi connectivity index (χ4v) is 3.11. The van der Waals surface area contributed by atoms with Crippen LogP contribution in [0.5, 0.6) is 0 Å². The molecule has 0 radical (unpaired) electrons. The first kappa shape index (κ1) is 25.2. The van der Waals surface area contributed by atoms with Crippen LogP contribution in [0.25, 0.3) is 5.65 Å². The zero-order valence-electron chi connectivity index (χ0n) is 20.7. The Balaban J connectivity index is 1.73. The van der Waals surface area contributed by atoms with Crippen LogP contribution >= 0.6 is 0 Å². The van der Waals surface area contributed by atoms with Gasteiger partial charge in [-0.15, -0.1) is 0 Å². The van der Waals surface area contributed by atoms with Gasteiger partial charge in [0.2, 0.25) is 0 Å². The molecule has 0 fully saturated rings. The van der Waals surface area contributed by atoms with Crippen molar-refractivity contribution in [3.8, 4) is 0 Å². The Hall–Kier alpha value is -3.39. The molecule has 0 saturated carbocycles. The minimum absolute atomic E-state index is 0.0780. The zero-order chi connectivity index (χ0) is 24.9. The SMILES string of the molecule is CC(C)(C)OC(=O)N(Cc1cn2cc(COCc3ccccc3)ccc2n1)C(=O)OC(C)(C)C. The molecule has 3 rings (SSSR count). The van der Waals surface area contributed by atoms with Gasteiger partial charge in [-0.3, -0.25) is 0 Å². The molecule has 8 nitrogen and oxygen atoms in total. The molecule has 182 valence electrons. The highest BCUT2D eigenvalue weighted by Crippen LogP contribution is 2.18. The van der Waals surface area contributed by atoms with Gasteiger partial charge in [-0.05, 0) is 58.7 Å². The second kappa shape index (κ2) is 10.3. The van der Waals surface area contributed by atoms with Crippen molar-refractivity contribution in [2.45, 2.75) is 72.5 Å². The number of imide groups is 1. The number of carbonyl (C=O) groups is 2. The Bertz CT molecular complexity index is 1100. The molecule has 0 N–H and O–H groups in total. The fourth-order valence-electron chi connectivity index (χ4n) is 3.11. The highest BCUT2D eigenvalue weighted by atomic mass is 16.6. The summed E-state index contributed by atoms with van der Waals surface area (Å²) in [6.45, 7) is 11.3. The van der Waals surface area contributed by atoms with Gasteiger partial charge in [0.15, 0.2) is 0 Å². The smallest absolute Gasteiger partial charge is 0.420 e. The van der Waals surface area contributed by atoms with Crippen molar-refractivity contribution in [3.63, 3.8) is 0 Å². The fraction of sp³-hybridized carbons (Fsp3) is 0.423. The molecule has 3 aromatic rings. The summed E-state index contributed by atoms with van der Waals surface area (Å²) in [4.78, 5) is 31.0. The van der Waals surface area contributed by atoms with Crippen LogP contribution in [0.15, 0.2) is 54.9 Å². The second-order valence-corrected chi connectivity index (χ2v) is 10.1. The molecule has 0 aliphatic carbocycles. The van der Waals surface area contributed by atoms with Crippen LogP contribution in [-0.4, -0.2) is 37.7 Å². The molecule has 1 aromatic carbocycles. The first-order valence-electron chi connectivity index (χ1n) is 11.2. The standard InChI is InChI=1S/C26H33N3O5/c1-25(2,3)33-23(30)29(24(31)34-26(4,5)6)16-21-15-28-14-20(12-13-22(28)27-21)18-32-17-19-10-8-7-9-11-19/h7-15H,16-18H2,1-6H3. The lowest BCUT2D eigenvalue weighted by Gasteiger charge is -2.28. The number of ether oxygens (including phenoxy) is 3. The number of hydrogen-bond acceptors (Lipinski definition) is 6. The van der Waals surface area contributed by atoms with Crippen molar-refractivity contribution in [1.29, 1.82) is 0 Å². The molecule has 0 aliphatic heterocycles. The Kier molecular flexibility index (Phi) is 7.61. The highest BCUT2D eigenvalue weighted by Gasteiger charge is 2.31. The zero-order valence-corrected chi connectivity index (χ0v) is 20.7. The molecule has 8 heteroatoms. The van der Waals surface area contributed by atoms with Gasteiger partial charge in [0.1, 0.15) is 16.8 Å². The molecule has 0 bridgehead atoms. The van der Waals surface area contributed by atoms with Crippen molar-refractivity contribution < 1.29 is 23.8 Å². The molecule has 2 amide bonds. The minimum atomic E-state index is -0.784. The molecule has 2 aromatic heterocycles. The van der Waals surface area contributed by atoms with E-state index in [0.29, 0.717) is 24.6 Å². The number of rotatable bonds is 6. The molecule has 0 saturated heterocycles. The van der Waals surface area contributed by atoms with E-state index in [4.69, 9.17) is 14.2 Å². The Labute approximate surface area is 200 Å². The van der Waals surface area contributed by atoms with Crippen molar-refractivity contribution in [2.24, 2.45) is 0 Å². The van der Waals surface area contributed by atoms with E-state index < -0.39 is 23.4 Å². The molecule has 0 unspecified atom stereocenters. The summed E-state index contributed by atoms with van der Waals surface area (Å²) in [7, 11) is 0. The maximum Gasteiger partial charge on any atom is 0.420 e. The molecular weight excluding hydrogens is 434 g/mol. The average Bonchev–Trinajstić information content (AvgIpc) is 3.12. The average molecular weight is 468 g/mol. The van der Waals surface area contributed by atoms with E-state index in [1.54, 1.807) is 47.7 Å². The van der Waals surface area contributed by atoms with Crippen molar-refractivity contribution in [2.75, 3.05) is 0 Å². The Morgan fingerprint density at radius 2 is 1.41 bits per heavy atom. The maximum atomic E-state index is 12.7. The van der Waals surface area contributed by atoms with E-state index in [1.165, 1.54) is 0 Å². The summed E-state index contributed by atoms with van der Waals surface area (Å²) in [5.41, 5.74) is 1.78. The Morgan fingerprint density at radius 3 is 2.00 bits per heavy atom. The number of benzene rings is 1. The third kappa shape index (κ3) is 7.59. The summed E-state index contributed by atoms with van der Waals surface area (Å²) < 4.78 is 18.5. The number of hydrogen-bond donors (Lipinski definition) is 0. The number of imidazole rings is 1. The van der Waals surface area contributed by atoms with Crippen molar-refractivity contribution in [1.82, 2.24) is 14.3 Å². The quantitative estimate of drug-likeness (QED) is 0.461. The number of carbonyl (C=O) groups excluding carboxylic acids is 2. The van der Waals surface area contributed by atoms with E-state index in [9.17, 15) is 9.59 Å². The summed E-state index contributed by atoms with van der Waals surface area (Å²) in [5.74, 6) is 0. The third-order valence-electron chi connectivity index (χ3n) is 4.49. The molecular formula is C26H33N3O5. The van der Waals surface area contributed by atoms with E-state index in [-0.39, 0.29) is 6.54 Å². The third-order valence-corrected chi connectivity index (χ3v) is 4.49. The molecule has 2 heterocycles. The van der Waals surface area contributed by atoms with Gasteiger partial charge in [-0.25, -0.2) is 19.5 Å². The summed E-state index contributed by atoms with van der Waals surface area (Å²) >= 11 is 0. The van der Waals surface area contributed by atoms with Crippen LogP contribution in [0.4, 0.5) is 9.59 Å². The summed E-state index contributed by atoms with van der Waals surface area (Å²) in [5, 5.41) is 0.